The van der Waals surface area contributed by atoms with Gasteiger partial charge in [0.25, 0.3) is 0 Å². The molecule has 4 aromatic rings. The summed E-state index contributed by atoms with van der Waals surface area (Å²) in [6, 6.07) is 8.70. The Morgan fingerprint density at radius 3 is 2.65 bits per heavy atom. The first-order chi connectivity index (χ1) is 12.9. The molecule has 3 aromatic heterocycles. The fraction of sp³-hybridized carbons (Fsp3) is 0.300. The molecule has 1 aromatic carbocycles. The highest BCUT2D eigenvalue weighted by molar-refractivity contribution is 5.86. The van der Waals surface area contributed by atoms with Crippen LogP contribution in [0.1, 0.15) is 32.1 Å². The second kappa shape index (κ2) is 6.37. The highest BCUT2D eigenvalue weighted by atomic mass is 15.3. The first kappa shape index (κ1) is 15.3. The van der Waals surface area contributed by atoms with Crippen LogP contribution >= 0.6 is 0 Å². The van der Waals surface area contributed by atoms with Gasteiger partial charge < -0.3 is 5.32 Å². The second-order valence-electron chi connectivity index (χ2n) is 6.88. The van der Waals surface area contributed by atoms with E-state index in [-0.39, 0.29) is 0 Å². The summed E-state index contributed by atoms with van der Waals surface area (Å²) >= 11 is 0. The quantitative estimate of drug-likeness (QED) is 0.606. The van der Waals surface area contributed by atoms with Crippen LogP contribution in [0.5, 0.6) is 0 Å². The molecule has 6 heteroatoms. The predicted molar refractivity (Wildman–Crippen MR) is 102 cm³/mol. The number of hydrogen-bond donors (Lipinski definition) is 1. The van der Waals surface area contributed by atoms with E-state index < -0.39 is 0 Å². The third kappa shape index (κ3) is 2.77. The fourth-order valence-corrected chi connectivity index (χ4v) is 3.77. The molecule has 0 saturated heterocycles. The zero-order valence-electron chi connectivity index (χ0n) is 14.5. The normalized spacial score (nSPS) is 15.5. The third-order valence-corrected chi connectivity index (χ3v) is 5.14. The maximum Gasteiger partial charge on any atom is 0.241 e. The monoisotopic (exact) mass is 344 g/mol. The van der Waals surface area contributed by atoms with E-state index in [0.29, 0.717) is 12.0 Å². The maximum atomic E-state index is 4.64. The fourth-order valence-electron chi connectivity index (χ4n) is 3.77. The molecule has 6 nitrogen and oxygen atoms in total. The zero-order chi connectivity index (χ0) is 17.3. The van der Waals surface area contributed by atoms with E-state index in [4.69, 9.17) is 0 Å². The van der Waals surface area contributed by atoms with E-state index in [1.807, 2.05) is 23.0 Å². The van der Waals surface area contributed by atoms with Gasteiger partial charge in [0.1, 0.15) is 0 Å². The average Bonchev–Trinajstić information content (AvgIpc) is 3.12. The van der Waals surface area contributed by atoms with Crippen LogP contribution < -0.4 is 5.32 Å². The van der Waals surface area contributed by atoms with Crippen LogP contribution in [0.2, 0.25) is 0 Å². The summed E-state index contributed by atoms with van der Waals surface area (Å²) < 4.78 is 1.90. The van der Waals surface area contributed by atoms with E-state index >= 15 is 0 Å². The number of rotatable bonds is 3. The van der Waals surface area contributed by atoms with Crippen molar-refractivity contribution in [1.29, 1.82) is 0 Å². The lowest BCUT2D eigenvalue weighted by Gasteiger charge is -2.22. The Morgan fingerprint density at radius 1 is 0.923 bits per heavy atom. The van der Waals surface area contributed by atoms with Gasteiger partial charge in [0.05, 0.1) is 22.7 Å². The van der Waals surface area contributed by atoms with Gasteiger partial charge in [-0.25, -0.2) is 9.50 Å². The Labute approximate surface area is 151 Å². The smallest absolute Gasteiger partial charge is 0.241 e. The molecule has 130 valence electrons. The van der Waals surface area contributed by atoms with Crippen molar-refractivity contribution >= 4 is 22.5 Å². The average molecular weight is 344 g/mol. The Bertz CT molecular complexity index is 1060. The van der Waals surface area contributed by atoms with E-state index in [0.717, 1.165) is 27.7 Å². The van der Waals surface area contributed by atoms with Crippen LogP contribution in [0.15, 0.2) is 49.1 Å². The molecule has 0 aliphatic heterocycles. The highest BCUT2D eigenvalue weighted by Gasteiger charge is 2.15. The zero-order valence-corrected chi connectivity index (χ0v) is 14.5. The summed E-state index contributed by atoms with van der Waals surface area (Å²) in [6.45, 7) is 0. The lowest BCUT2D eigenvalue weighted by atomic mass is 9.96. The first-order valence-corrected chi connectivity index (χ1v) is 9.19. The highest BCUT2D eigenvalue weighted by Crippen LogP contribution is 2.27. The van der Waals surface area contributed by atoms with Gasteiger partial charge >= 0.3 is 0 Å². The first-order valence-electron chi connectivity index (χ1n) is 9.19. The molecule has 1 saturated carbocycles. The molecule has 0 amide bonds. The summed E-state index contributed by atoms with van der Waals surface area (Å²) in [5.41, 5.74) is 4.97. The topological polar surface area (TPSA) is 68.0 Å². The van der Waals surface area contributed by atoms with Gasteiger partial charge in [0.2, 0.25) is 5.95 Å². The number of hydrogen-bond acceptors (Lipinski definition) is 5. The van der Waals surface area contributed by atoms with Gasteiger partial charge in [-0.15, -0.1) is 5.10 Å². The van der Waals surface area contributed by atoms with E-state index in [9.17, 15) is 0 Å². The minimum absolute atomic E-state index is 0.496. The minimum Gasteiger partial charge on any atom is -0.350 e. The standard InChI is InChI=1S/C20H20N6/c1-2-4-15(5-3-1)24-20-23-13-19-16(8-11-26(19)25-20)14-6-7-17-18(12-14)22-10-9-21-17/h6-13,15H,1-5H2,(H,24,25). The van der Waals surface area contributed by atoms with Crippen molar-refractivity contribution in [3.05, 3.63) is 49.1 Å². The number of fused-ring (bicyclic) bond motifs is 2. The van der Waals surface area contributed by atoms with Crippen LogP contribution in [0.3, 0.4) is 0 Å². The minimum atomic E-state index is 0.496. The molecular weight excluding hydrogens is 324 g/mol. The number of nitrogens with zero attached hydrogens (tertiary/aromatic N) is 5. The van der Waals surface area contributed by atoms with Gasteiger partial charge in [-0.2, -0.15) is 0 Å². The van der Waals surface area contributed by atoms with Crippen molar-refractivity contribution < 1.29 is 0 Å². The van der Waals surface area contributed by atoms with Crippen molar-refractivity contribution in [2.75, 3.05) is 5.32 Å². The predicted octanol–water partition coefficient (Wildman–Crippen LogP) is 4.08. The van der Waals surface area contributed by atoms with Crippen molar-refractivity contribution in [1.82, 2.24) is 24.6 Å². The third-order valence-electron chi connectivity index (χ3n) is 5.14. The molecule has 3 heterocycles. The van der Waals surface area contributed by atoms with Crippen molar-refractivity contribution in [3.63, 3.8) is 0 Å². The molecule has 0 spiro atoms. The van der Waals surface area contributed by atoms with Gasteiger partial charge in [0, 0.05) is 30.2 Å². The lowest BCUT2D eigenvalue weighted by molar-refractivity contribution is 0.460. The molecule has 0 atom stereocenters. The van der Waals surface area contributed by atoms with E-state index in [1.54, 1.807) is 12.4 Å². The number of benzene rings is 1. The molecule has 0 bridgehead atoms. The van der Waals surface area contributed by atoms with E-state index in [1.165, 1.54) is 32.1 Å². The van der Waals surface area contributed by atoms with Gasteiger partial charge in [-0.1, -0.05) is 25.3 Å². The molecule has 1 N–H and O–H groups in total. The van der Waals surface area contributed by atoms with Crippen LogP contribution in [-0.2, 0) is 0 Å². The molecule has 1 aliphatic rings. The van der Waals surface area contributed by atoms with Crippen molar-refractivity contribution in [2.45, 2.75) is 38.1 Å². The number of anilines is 1. The summed E-state index contributed by atoms with van der Waals surface area (Å²) in [5, 5.41) is 8.13. The Balaban J connectivity index is 1.48. The molecule has 0 unspecified atom stereocenters. The molecule has 1 aliphatic carbocycles. The van der Waals surface area contributed by atoms with Gasteiger partial charge in [-0.05, 0) is 36.6 Å². The summed E-state index contributed by atoms with van der Waals surface area (Å²) in [4.78, 5) is 13.3. The van der Waals surface area contributed by atoms with Crippen molar-refractivity contribution in [2.24, 2.45) is 0 Å². The van der Waals surface area contributed by atoms with Crippen molar-refractivity contribution in [3.8, 4) is 11.1 Å². The van der Waals surface area contributed by atoms with Crippen LogP contribution in [0, 0.1) is 0 Å². The molecular formula is C20H20N6. The Kier molecular flexibility index (Phi) is 3.74. The molecule has 5 rings (SSSR count). The van der Waals surface area contributed by atoms with E-state index in [2.05, 4.69) is 43.6 Å². The van der Waals surface area contributed by atoms with Crippen LogP contribution in [-0.4, -0.2) is 30.6 Å². The van der Waals surface area contributed by atoms with Crippen LogP contribution in [0.4, 0.5) is 5.95 Å². The Morgan fingerprint density at radius 2 is 1.77 bits per heavy atom. The Hall–Kier alpha value is -3.02. The number of aromatic nitrogens is 5. The molecule has 26 heavy (non-hydrogen) atoms. The number of nitrogens with one attached hydrogen (secondary N) is 1. The van der Waals surface area contributed by atoms with Gasteiger partial charge in [0.15, 0.2) is 0 Å². The molecule has 0 radical (unpaired) electrons. The summed E-state index contributed by atoms with van der Waals surface area (Å²) in [5.74, 6) is 0.705. The summed E-state index contributed by atoms with van der Waals surface area (Å²) in [6.07, 6.45) is 13.6. The summed E-state index contributed by atoms with van der Waals surface area (Å²) in [7, 11) is 0. The van der Waals surface area contributed by atoms with Gasteiger partial charge in [-0.3, -0.25) is 9.97 Å². The van der Waals surface area contributed by atoms with Crippen LogP contribution in [0.25, 0.3) is 27.7 Å². The lowest BCUT2D eigenvalue weighted by Crippen LogP contribution is -2.23. The molecule has 1 fully saturated rings. The maximum absolute atomic E-state index is 4.64. The SMILES string of the molecule is c1cnc2cc(-c3ccn4nc(NC5CCCCC5)ncc34)ccc2n1. The largest absolute Gasteiger partial charge is 0.350 e. The second-order valence-corrected chi connectivity index (χ2v) is 6.88.